The number of ether oxygens (including phenoxy) is 1. The molecule has 0 radical (unpaired) electrons. The summed E-state index contributed by atoms with van der Waals surface area (Å²) >= 11 is 0. The maximum absolute atomic E-state index is 13.1. The van der Waals surface area contributed by atoms with E-state index in [4.69, 9.17) is 4.74 Å². The molecule has 0 spiro atoms. The van der Waals surface area contributed by atoms with Crippen LogP contribution in [-0.4, -0.2) is 58.6 Å². The Morgan fingerprint density at radius 3 is 2.54 bits per heavy atom. The molecule has 0 aromatic rings. The highest BCUT2D eigenvalue weighted by Gasteiger charge is 2.48. The zero-order chi connectivity index (χ0) is 19.3. The molecule has 1 saturated carbocycles. The SMILES string of the molecule is CCC[C@H](NC(C)C(=O)N1C2CCCCC2C[C@H]1C(=O)O)C(=O)OCC. The van der Waals surface area contributed by atoms with Crippen molar-refractivity contribution in [1.82, 2.24) is 10.2 Å². The Kier molecular flexibility index (Phi) is 7.43. The van der Waals surface area contributed by atoms with E-state index in [1.165, 1.54) is 0 Å². The zero-order valence-corrected chi connectivity index (χ0v) is 16.1. The summed E-state index contributed by atoms with van der Waals surface area (Å²) in [6.07, 6.45) is 5.87. The Labute approximate surface area is 155 Å². The molecule has 2 fully saturated rings. The molecule has 7 nitrogen and oxygen atoms in total. The van der Waals surface area contributed by atoms with Crippen molar-refractivity contribution in [3.05, 3.63) is 0 Å². The lowest BCUT2D eigenvalue weighted by Gasteiger charge is -2.35. The molecule has 1 aliphatic heterocycles. The normalized spacial score (nSPS) is 27.5. The molecule has 3 unspecified atom stereocenters. The van der Waals surface area contributed by atoms with E-state index in [1.807, 2.05) is 6.92 Å². The third-order valence-corrected chi connectivity index (χ3v) is 5.60. The molecule has 1 heterocycles. The molecule has 0 aromatic carbocycles. The summed E-state index contributed by atoms with van der Waals surface area (Å²) in [7, 11) is 0. The van der Waals surface area contributed by atoms with Crippen molar-refractivity contribution in [3.8, 4) is 0 Å². The fraction of sp³-hybridized carbons (Fsp3) is 0.842. The number of nitrogens with zero attached hydrogens (tertiary/aromatic N) is 1. The zero-order valence-electron chi connectivity index (χ0n) is 16.1. The van der Waals surface area contributed by atoms with E-state index in [0.717, 1.165) is 32.1 Å². The van der Waals surface area contributed by atoms with Crippen LogP contribution >= 0.6 is 0 Å². The van der Waals surface area contributed by atoms with Gasteiger partial charge in [0.2, 0.25) is 5.91 Å². The standard InChI is InChI=1S/C19H32N2O5/c1-4-8-14(19(25)26-5-2)20-12(3)17(22)21-15-10-7-6-9-13(15)11-16(21)18(23)24/h12-16,20H,4-11H2,1-3H3,(H,23,24)/t12?,13?,14-,15?,16-/m0/s1. The quantitative estimate of drug-likeness (QED) is 0.636. The van der Waals surface area contributed by atoms with Gasteiger partial charge in [-0.05, 0) is 45.4 Å². The predicted molar refractivity (Wildman–Crippen MR) is 96.6 cm³/mol. The molecule has 1 aliphatic carbocycles. The van der Waals surface area contributed by atoms with E-state index in [0.29, 0.717) is 19.4 Å². The number of carboxylic acids is 1. The fourth-order valence-electron chi connectivity index (χ4n) is 4.39. The van der Waals surface area contributed by atoms with E-state index < -0.39 is 24.1 Å². The molecule has 0 aromatic heterocycles. The maximum Gasteiger partial charge on any atom is 0.326 e. The summed E-state index contributed by atoms with van der Waals surface area (Å²) in [6.45, 7) is 5.72. The lowest BCUT2D eigenvalue weighted by Crippen LogP contribution is -2.55. The highest BCUT2D eigenvalue weighted by molar-refractivity contribution is 5.88. The van der Waals surface area contributed by atoms with E-state index in [1.54, 1.807) is 18.7 Å². The molecule has 5 atom stereocenters. The van der Waals surface area contributed by atoms with Crippen molar-refractivity contribution in [2.24, 2.45) is 5.92 Å². The van der Waals surface area contributed by atoms with Crippen molar-refractivity contribution in [1.29, 1.82) is 0 Å². The van der Waals surface area contributed by atoms with Crippen LogP contribution in [0.4, 0.5) is 0 Å². The fourth-order valence-corrected chi connectivity index (χ4v) is 4.39. The minimum Gasteiger partial charge on any atom is -0.480 e. The van der Waals surface area contributed by atoms with Crippen LogP contribution in [-0.2, 0) is 19.1 Å². The topological polar surface area (TPSA) is 95.9 Å². The molecule has 26 heavy (non-hydrogen) atoms. The van der Waals surface area contributed by atoms with Gasteiger partial charge < -0.3 is 14.7 Å². The average Bonchev–Trinajstić information content (AvgIpc) is 3.00. The third kappa shape index (κ3) is 4.55. The molecule has 148 valence electrons. The summed E-state index contributed by atoms with van der Waals surface area (Å²) in [5.41, 5.74) is 0. The van der Waals surface area contributed by atoms with E-state index >= 15 is 0 Å². The highest BCUT2D eigenvalue weighted by Crippen LogP contribution is 2.40. The highest BCUT2D eigenvalue weighted by atomic mass is 16.5. The van der Waals surface area contributed by atoms with Crippen molar-refractivity contribution < 1.29 is 24.2 Å². The van der Waals surface area contributed by atoms with Crippen LogP contribution < -0.4 is 5.32 Å². The van der Waals surface area contributed by atoms with Crippen LogP contribution in [0.25, 0.3) is 0 Å². The molecule has 2 N–H and O–H groups in total. The first-order chi connectivity index (χ1) is 12.4. The Bertz CT molecular complexity index is 524. The van der Waals surface area contributed by atoms with Gasteiger partial charge in [0.05, 0.1) is 12.6 Å². The number of fused-ring (bicyclic) bond motifs is 1. The van der Waals surface area contributed by atoms with Crippen molar-refractivity contribution >= 4 is 17.8 Å². The van der Waals surface area contributed by atoms with E-state index in [-0.39, 0.29) is 23.8 Å². The van der Waals surface area contributed by atoms with Crippen LogP contribution in [0.5, 0.6) is 0 Å². The largest absolute Gasteiger partial charge is 0.480 e. The van der Waals surface area contributed by atoms with Crippen LogP contribution in [0, 0.1) is 5.92 Å². The number of amides is 1. The first-order valence-electron chi connectivity index (χ1n) is 9.88. The van der Waals surface area contributed by atoms with Gasteiger partial charge in [-0.3, -0.25) is 14.9 Å². The van der Waals surface area contributed by atoms with Crippen LogP contribution in [0.15, 0.2) is 0 Å². The minimum absolute atomic E-state index is 0.00817. The summed E-state index contributed by atoms with van der Waals surface area (Å²) in [6, 6.07) is -1.92. The van der Waals surface area contributed by atoms with Gasteiger partial charge in [0.25, 0.3) is 0 Å². The number of rotatable bonds is 8. The van der Waals surface area contributed by atoms with Gasteiger partial charge in [-0.25, -0.2) is 4.79 Å². The third-order valence-electron chi connectivity index (χ3n) is 5.60. The second kappa shape index (κ2) is 9.35. The molecule has 2 rings (SSSR count). The van der Waals surface area contributed by atoms with E-state index in [9.17, 15) is 19.5 Å². The molecular weight excluding hydrogens is 336 g/mol. The molecular formula is C19H32N2O5. The van der Waals surface area contributed by atoms with Crippen LogP contribution in [0.2, 0.25) is 0 Å². The van der Waals surface area contributed by atoms with Crippen LogP contribution in [0.3, 0.4) is 0 Å². The first kappa shape index (κ1) is 20.7. The smallest absolute Gasteiger partial charge is 0.326 e. The van der Waals surface area contributed by atoms with Crippen molar-refractivity contribution in [2.45, 2.75) is 89.9 Å². The minimum atomic E-state index is -0.935. The van der Waals surface area contributed by atoms with E-state index in [2.05, 4.69) is 5.32 Å². The first-order valence-corrected chi connectivity index (χ1v) is 9.88. The van der Waals surface area contributed by atoms with Crippen LogP contribution in [0.1, 0.15) is 65.7 Å². The lowest BCUT2D eigenvalue weighted by atomic mass is 9.84. The number of likely N-dealkylation sites (tertiary alicyclic amines) is 1. The molecule has 7 heteroatoms. The Morgan fingerprint density at radius 1 is 1.23 bits per heavy atom. The van der Waals surface area contributed by atoms with Gasteiger partial charge in [0.1, 0.15) is 12.1 Å². The molecule has 1 saturated heterocycles. The van der Waals surface area contributed by atoms with Gasteiger partial charge in [0.15, 0.2) is 0 Å². The van der Waals surface area contributed by atoms with Gasteiger partial charge in [-0.1, -0.05) is 26.2 Å². The monoisotopic (exact) mass is 368 g/mol. The number of aliphatic carboxylic acids is 1. The van der Waals surface area contributed by atoms with Gasteiger partial charge in [-0.15, -0.1) is 0 Å². The molecule has 2 aliphatic rings. The van der Waals surface area contributed by atoms with Crippen molar-refractivity contribution in [2.75, 3.05) is 6.61 Å². The summed E-state index contributed by atoms with van der Waals surface area (Å²) in [5.74, 6) is -1.24. The maximum atomic E-state index is 13.1. The Balaban J connectivity index is 2.10. The van der Waals surface area contributed by atoms with Gasteiger partial charge >= 0.3 is 11.9 Å². The predicted octanol–water partition coefficient (Wildman–Crippen LogP) is 1.94. The number of carbonyl (C=O) groups is 3. The number of hydrogen-bond acceptors (Lipinski definition) is 5. The lowest BCUT2D eigenvalue weighted by molar-refractivity contribution is -0.152. The number of nitrogens with one attached hydrogen (secondary N) is 1. The summed E-state index contributed by atoms with van der Waals surface area (Å²) in [5, 5.41) is 12.7. The number of carboxylic acid groups (broad SMARTS) is 1. The second-order valence-corrected chi connectivity index (χ2v) is 7.43. The van der Waals surface area contributed by atoms with Crippen molar-refractivity contribution in [3.63, 3.8) is 0 Å². The Morgan fingerprint density at radius 2 is 1.92 bits per heavy atom. The molecule has 1 amide bonds. The molecule has 0 bridgehead atoms. The Hall–Kier alpha value is -1.63. The average molecular weight is 368 g/mol. The number of carbonyl (C=O) groups excluding carboxylic acids is 2. The number of esters is 1. The number of hydrogen-bond donors (Lipinski definition) is 2. The summed E-state index contributed by atoms with van der Waals surface area (Å²) in [4.78, 5) is 38.5. The van der Waals surface area contributed by atoms with Gasteiger partial charge in [-0.2, -0.15) is 0 Å². The summed E-state index contributed by atoms with van der Waals surface area (Å²) < 4.78 is 5.09. The second-order valence-electron chi connectivity index (χ2n) is 7.43. The van der Waals surface area contributed by atoms with Gasteiger partial charge in [0, 0.05) is 6.04 Å².